The number of hydrogen-bond donors (Lipinski definition) is 2. The average molecular weight is 450 g/mol. The summed E-state index contributed by atoms with van der Waals surface area (Å²) in [6.07, 6.45) is 0. The van der Waals surface area contributed by atoms with Gasteiger partial charge in [-0.15, -0.1) is 0 Å². The summed E-state index contributed by atoms with van der Waals surface area (Å²) >= 11 is 3.34. The SMILES string of the molecule is O=C1C(=O)N(c2ccccc2)C(c2ccc(O)cc2)/C1=C(\O)c1ccc(Br)cc1. The predicted octanol–water partition coefficient (Wildman–Crippen LogP) is 4.78. The lowest BCUT2D eigenvalue weighted by Crippen LogP contribution is -2.29. The molecular weight excluding hydrogens is 434 g/mol. The predicted molar refractivity (Wildman–Crippen MR) is 113 cm³/mol. The maximum atomic E-state index is 13.0. The standard InChI is InChI=1S/C23H16BrNO4/c24-16-10-6-15(7-11-16)21(27)19-20(14-8-12-18(26)13-9-14)25(23(29)22(19)28)17-4-2-1-3-5-17/h1-13,20,26-27H/b21-19+. The Bertz CT molecular complexity index is 1110. The number of phenols is 1. The van der Waals surface area contributed by atoms with E-state index in [1.807, 2.05) is 6.07 Å². The van der Waals surface area contributed by atoms with Gasteiger partial charge in [0.05, 0.1) is 11.6 Å². The fourth-order valence-electron chi connectivity index (χ4n) is 3.42. The molecule has 1 amide bonds. The second-order valence-electron chi connectivity index (χ2n) is 6.60. The summed E-state index contributed by atoms with van der Waals surface area (Å²) in [5.41, 5.74) is 1.59. The number of hydrogen-bond acceptors (Lipinski definition) is 4. The summed E-state index contributed by atoms with van der Waals surface area (Å²) in [7, 11) is 0. The second-order valence-corrected chi connectivity index (χ2v) is 7.52. The zero-order chi connectivity index (χ0) is 20.5. The monoisotopic (exact) mass is 449 g/mol. The van der Waals surface area contributed by atoms with Crippen LogP contribution in [0.3, 0.4) is 0 Å². The number of Topliss-reactive ketones (excluding diaryl/α,β-unsaturated/α-hetero) is 1. The molecule has 1 heterocycles. The van der Waals surface area contributed by atoms with E-state index in [2.05, 4.69) is 15.9 Å². The number of carbonyl (C=O) groups is 2. The van der Waals surface area contributed by atoms with Crippen molar-refractivity contribution >= 4 is 39.1 Å². The van der Waals surface area contributed by atoms with Crippen LogP contribution in [-0.4, -0.2) is 21.9 Å². The zero-order valence-corrected chi connectivity index (χ0v) is 16.7. The first-order chi connectivity index (χ1) is 14.0. The van der Waals surface area contributed by atoms with Gasteiger partial charge in [-0.05, 0) is 42.0 Å². The van der Waals surface area contributed by atoms with Crippen molar-refractivity contribution in [1.82, 2.24) is 0 Å². The minimum absolute atomic E-state index is 0.00636. The van der Waals surface area contributed by atoms with Crippen molar-refractivity contribution in [3.8, 4) is 5.75 Å². The Morgan fingerprint density at radius 1 is 0.862 bits per heavy atom. The third-order valence-corrected chi connectivity index (χ3v) is 5.33. The van der Waals surface area contributed by atoms with E-state index in [9.17, 15) is 19.8 Å². The molecule has 3 aromatic rings. The molecule has 6 heteroatoms. The molecule has 0 aromatic heterocycles. The molecule has 1 aliphatic heterocycles. The molecule has 0 aliphatic carbocycles. The second kappa shape index (κ2) is 7.56. The Balaban J connectivity index is 1.94. The van der Waals surface area contributed by atoms with E-state index in [-0.39, 0.29) is 17.1 Å². The first kappa shape index (κ1) is 19.0. The Morgan fingerprint density at radius 3 is 2.10 bits per heavy atom. The first-order valence-corrected chi connectivity index (χ1v) is 9.67. The van der Waals surface area contributed by atoms with E-state index < -0.39 is 17.7 Å². The number of para-hydroxylation sites is 1. The molecule has 4 rings (SSSR count). The van der Waals surface area contributed by atoms with Gasteiger partial charge in [-0.25, -0.2) is 0 Å². The van der Waals surface area contributed by atoms with E-state index in [1.165, 1.54) is 17.0 Å². The summed E-state index contributed by atoms with van der Waals surface area (Å²) in [6, 6.07) is 21.1. The number of rotatable bonds is 3. The Kier molecular flexibility index (Phi) is 4.94. The van der Waals surface area contributed by atoms with Crippen LogP contribution in [0.5, 0.6) is 5.75 Å². The molecule has 1 atom stereocenters. The van der Waals surface area contributed by atoms with Crippen molar-refractivity contribution in [3.63, 3.8) is 0 Å². The maximum Gasteiger partial charge on any atom is 0.300 e. The number of phenolic OH excluding ortho intramolecular Hbond substituents is 1. The molecule has 1 aliphatic rings. The van der Waals surface area contributed by atoms with Crippen LogP contribution < -0.4 is 4.90 Å². The molecule has 0 radical (unpaired) electrons. The summed E-state index contributed by atoms with van der Waals surface area (Å²) in [5, 5.41) is 20.6. The van der Waals surface area contributed by atoms with Crippen LogP contribution in [0.1, 0.15) is 17.2 Å². The average Bonchev–Trinajstić information content (AvgIpc) is 3.00. The van der Waals surface area contributed by atoms with Crippen LogP contribution >= 0.6 is 15.9 Å². The van der Waals surface area contributed by atoms with Crippen molar-refractivity contribution in [2.75, 3.05) is 4.90 Å². The van der Waals surface area contributed by atoms with Gasteiger partial charge in [0.15, 0.2) is 0 Å². The summed E-state index contributed by atoms with van der Waals surface area (Å²) in [5.74, 6) is -1.65. The fourth-order valence-corrected chi connectivity index (χ4v) is 3.69. The van der Waals surface area contributed by atoms with Crippen LogP contribution in [0, 0.1) is 0 Å². The van der Waals surface area contributed by atoms with Crippen LogP contribution in [0.25, 0.3) is 5.76 Å². The highest BCUT2D eigenvalue weighted by Crippen LogP contribution is 2.42. The summed E-state index contributed by atoms with van der Waals surface area (Å²) in [4.78, 5) is 27.3. The smallest absolute Gasteiger partial charge is 0.300 e. The minimum atomic E-state index is -0.818. The zero-order valence-electron chi connectivity index (χ0n) is 15.1. The number of carbonyl (C=O) groups excluding carboxylic acids is 2. The largest absolute Gasteiger partial charge is 0.508 e. The minimum Gasteiger partial charge on any atom is -0.508 e. The lowest BCUT2D eigenvalue weighted by atomic mass is 9.95. The van der Waals surface area contributed by atoms with Crippen molar-refractivity contribution in [2.45, 2.75) is 6.04 Å². The molecule has 0 saturated carbocycles. The lowest BCUT2D eigenvalue weighted by molar-refractivity contribution is -0.132. The van der Waals surface area contributed by atoms with Crippen LogP contribution in [0.2, 0.25) is 0 Å². The summed E-state index contributed by atoms with van der Waals surface area (Å²) in [6.45, 7) is 0. The van der Waals surface area contributed by atoms with E-state index in [1.54, 1.807) is 60.7 Å². The number of halogens is 1. The molecule has 0 bridgehead atoms. The van der Waals surface area contributed by atoms with E-state index >= 15 is 0 Å². The number of amides is 1. The van der Waals surface area contributed by atoms with Gasteiger partial charge >= 0.3 is 0 Å². The third kappa shape index (κ3) is 3.43. The molecular formula is C23H16BrNO4. The molecule has 0 spiro atoms. The molecule has 2 N–H and O–H groups in total. The number of nitrogens with zero attached hydrogens (tertiary/aromatic N) is 1. The highest BCUT2D eigenvalue weighted by molar-refractivity contribution is 9.10. The van der Waals surface area contributed by atoms with Gasteiger partial charge in [-0.3, -0.25) is 14.5 Å². The molecule has 29 heavy (non-hydrogen) atoms. The number of benzene rings is 3. The highest BCUT2D eigenvalue weighted by atomic mass is 79.9. The molecule has 1 fully saturated rings. The van der Waals surface area contributed by atoms with Gasteiger partial charge in [0, 0.05) is 15.7 Å². The van der Waals surface area contributed by atoms with Crippen LogP contribution in [-0.2, 0) is 9.59 Å². The normalized spacial score (nSPS) is 18.2. The topological polar surface area (TPSA) is 77.8 Å². The fraction of sp³-hybridized carbons (Fsp3) is 0.0435. The van der Waals surface area contributed by atoms with Crippen molar-refractivity contribution < 1.29 is 19.8 Å². The number of aliphatic hydroxyl groups is 1. The Labute approximate surface area is 175 Å². The molecule has 1 unspecified atom stereocenters. The van der Waals surface area contributed by atoms with Crippen molar-refractivity contribution in [2.24, 2.45) is 0 Å². The van der Waals surface area contributed by atoms with Gasteiger partial charge in [0.1, 0.15) is 11.5 Å². The van der Waals surface area contributed by atoms with Crippen LogP contribution in [0.4, 0.5) is 5.69 Å². The van der Waals surface area contributed by atoms with E-state index in [0.29, 0.717) is 16.8 Å². The Morgan fingerprint density at radius 2 is 1.48 bits per heavy atom. The molecule has 1 saturated heterocycles. The van der Waals surface area contributed by atoms with E-state index in [0.717, 1.165) is 4.47 Å². The number of aromatic hydroxyl groups is 1. The third-order valence-electron chi connectivity index (χ3n) is 4.81. The van der Waals surface area contributed by atoms with Crippen molar-refractivity contribution in [3.05, 3.63) is 100 Å². The highest BCUT2D eigenvalue weighted by Gasteiger charge is 2.46. The van der Waals surface area contributed by atoms with Crippen LogP contribution in [0.15, 0.2) is 88.9 Å². The number of ketones is 1. The lowest BCUT2D eigenvalue weighted by Gasteiger charge is -2.25. The number of aliphatic hydroxyl groups excluding tert-OH is 1. The van der Waals surface area contributed by atoms with Crippen molar-refractivity contribution in [1.29, 1.82) is 0 Å². The Hall–Kier alpha value is -3.38. The summed E-state index contributed by atoms with van der Waals surface area (Å²) < 4.78 is 0.828. The van der Waals surface area contributed by atoms with E-state index in [4.69, 9.17) is 0 Å². The maximum absolute atomic E-state index is 13.0. The van der Waals surface area contributed by atoms with Gasteiger partial charge in [0.2, 0.25) is 0 Å². The van der Waals surface area contributed by atoms with Gasteiger partial charge in [-0.2, -0.15) is 0 Å². The van der Waals surface area contributed by atoms with Gasteiger partial charge in [0.25, 0.3) is 11.7 Å². The molecule has 5 nitrogen and oxygen atoms in total. The number of anilines is 1. The molecule has 144 valence electrons. The van der Waals surface area contributed by atoms with Gasteiger partial charge in [-0.1, -0.05) is 58.4 Å². The quantitative estimate of drug-likeness (QED) is 0.342. The first-order valence-electron chi connectivity index (χ1n) is 8.88. The molecule has 3 aromatic carbocycles. The van der Waals surface area contributed by atoms with Gasteiger partial charge < -0.3 is 10.2 Å².